The van der Waals surface area contributed by atoms with Gasteiger partial charge in [-0.05, 0) is 105 Å². The average molecular weight is 860 g/mol. The Balaban J connectivity index is 0.884. The van der Waals surface area contributed by atoms with E-state index in [0.29, 0.717) is 25.0 Å². The molecule has 4 aromatic rings. The summed E-state index contributed by atoms with van der Waals surface area (Å²) < 4.78 is 16.9. The highest BCUT2D eigenvalue weighted by molar-refractivity contribution is 5.87. The van der Waals surface area contributed by atoms with Crippen LogP contribution in [0.25, 0.3) is 33.6 Å². The molecule has 0 bridgehead atoms. The van der Waals surface area contributed by atoms with Crippen LogP contribution in [0.2, 0.25) is 0 Å². The van der Waals surface area contributed by atoms with E-state index in [4.69, 9.17) is 24.2 Å². The molecule has 2 aromatic carbocycles. The van der Waals surface area contributed by atoms with E-state index in [1.165, 1.54) is 7.11 Å². The van der Waals surface area contributed by atoms with Crippen LogP contribution in [0.3, 0.4) is 0 Å². The van der Waals surface area contributed by atoms with Gasteiger partial charge in [-0.2, -0.15) is 0 Å². The molecule has 1 aliphatic carbocycles. The van der Waals surface area contributed by atoms with Crippen LogP contribution in [0, 0.1) is 29.1 Å². The average Bonchev–Trinajstić information content (AvgIpc) is 4.14. The van der Waals surface area contributed by atoms with Crippen molar-refractivity contribution in [2.24, 2.45) is 29.1 Å². The van der Waals surface area contributed by atoms with E-state index in [1.54, 1.807) is 0 Å². The predicted octanol–water partition coefficient (Wildman–Crippen LogP) is 8.87. The van der Waals surface area contributed by atoms with Crippen LogP contribution < -0.4 is 5.32 Å². The van der Waals surface area contributed by atoms with Crippen molar-refractivity contribution in [1.82, 2.24) is 35.1 Å². The summed E-state index contributed by atoms with van der Waals surface area (Å²) in [5.74, 6) is 2.29. The van der Waals surface area contributed by atoms with Crippen molar-refractivity contribution in [3.8, 4) is 33.6 Å². The van der Waals surface area contributed by atoms with E-state index >= 15 is 0 Å². The summed E-state index contributed by atoms with van der Waals surface area (Å²) in [4.78, 5) is 61.8. The summed E-state index contributed by atoms with van der Waals surface area (Å²) in [5, 5.41) is 2.79. The van der Waals surface area contributed by atoms with Gasteiger partial charge in [-0.25, -0.2) is 14.8 Å². The number of carbonyl (C=O) groups is 3. The first-order chi connectivity index (χ1) is 30.4. The van der Waals surface area contributed by atoms with Crippen LogP contribution in [0.1, 0.15) is 116 Å². The summed E-state index contributed by atoms with van der Waals surface area (Å²) in [6, 6.07) is 16.1. The number of methoxy groups -OCH3 is 1. The number of likely N-dealkylation sites (tertiary alicyclic amines) is 2. The molecule has 1 saturated carbocycles. The van der Waals surface area contributed by atoms with Crippen molar-refractivity contribution in [3.63, 3.8) is 0 Å². The van der Waals surface area contributed by atoms with Gasteiger partial charge in [0.1, 0.15) is 17.7 Å². The second kappa shape index (κ2) is 17.9. The zero-order valence-electron chi connectivity index (χ0n) is 37.8. The molecule has 13 nitrogen and oxygen atoms in total. The van der Waals surface area contributed by atoms with Crippen LogP contribution >= 0.6 is 0 Å². The fourth-order valence-electron chi connectivity index (χ4n) is 11.8. The molecule has 9 rings (SSSR count). The van der Waals surface area contributed by atoms with Crippen molar-refractivity contribution in [3.05, 3.63) is 72.6 Å². The Morgan fingerprint density at radius 2 is 1.41 bits per heavy atom. The van der Waals surface area contributed by atoms with Crippen LogP contribution in [0.15, 0.2) is 60.9 Å². The fourth-order valence-corrected chi connectivity index (χ4v) is 11.8. The largest absolute Gasteiger partial charge is 0.453 e. The second-order valence-corrected chi connectivity index (χ2v) is 19.8. The van der Waals surface area contributed by atoms with Gasteiger partial charge in [0.2, 0.25) is 11.8 Å². The normalized spacial score (nSPS) is 29.2. The molecular formula is C50H65N7O6. The molecule has 4 aliphatic heterocycles. The van der Waals surface area contributed by atoms with Crippen LogP contribution in [-0.4, -0.2) is 98.8 Å². The monoisotopic (exact) mass is 859 g/mol. The van der Waals surface area contributed by atoms with Crippen molar-refractivity contribution in [1.29, 1.82) is 0 Å². The SMILES string of the molecule is COC(=O)N[C@H](C(=O)N1[C@H](c2ncc(-c3ccc(-c4ccc(-c5cnc([C@@H]6C[C@@]7(CCCOC7)CN6C(=O)[C@@H](C)C6C[C@@H](C)O[C@H](C)C6)[nH]5)cc4)cc3)[nH]2)C[C@@H]2CCC[C@@H]21)C(C)C. The highest BCUT2D eigenvalue weighted by Gasteiger charge is 2.51. The molecule has 9 atom stereocenters. The molecule has 5 aliphatic rings. The van der Waals surface area contributed by atoms with Crippen molar-refractivity contribution in [2.45, 2.75) is 129 Å². The van der Waals surface area contributed by atoms with Crippen LogP contribution in [-0.2, 0) is 23.8 Å². The van der Waals surface area contributed by atoms with E-state index in [1.807, 2.05) is 31.1 Å². The molecule has 336 valence electrons. The number of imidazole rings is 2. The Morgan fingerprint density at radius 1 is 0.810 bits per heavy atom. The summed E-state index contributed by atoms with van der Waals surface area (Å²) in [5.41, 5.74) is 6.02. The molecule has 1 spiro atoms. The molecule has 3 N–H and O–H groups in total. The number of aromatic amines is 2. The van der Waals surface area contributed by atoms with Gasteiger partial charge in [-0.3, -0.25) is 9.59 Å². The number of hydrogen-bond donors (Lipinski definition) is 3. The lowest BCUT2D eigenvalue weighted by molar-refractivity contribution is -0.142. The number of ether oxygens (including phenoxy) is 3. The minimum Gasteiger partial charge on any atom is -0.453 e. The summed E-state index contributed by atoms with van der Waals surface area (Å²) >= 11 is 0. The fraction of sp³-hybridized carbons (Fsp3) is 0.580. The van der Waals surface area contributed by atoms with Crippen molar-refractivity contribution in [2.75, 3.05) is 26.9 Å². The first-order valence-electron chi connectivity index (χ1n) is 23.4. The number of amides is 3. The molecule has 13 heteroatoms. The maximum absolute atomic E-state index is 14.4. The highest BCUT2D eigenvalue weighted by Crippen LogP contribution is 2.49. The Kier molecular flexibility index (Phi) is 12.3. The molecular weight excluding hydrogens is 795 g/mol. The van der Waals surface area contributed by atoms with Gasteiger partial charge in [0.15, 0.2) is 0 Å². The number of rotatable bonds is 10. The summed E-state index contributed by atoms with van der Waals surface area (Å²) in [6.07, 6.45) is 12.2. The maximum atomic E-state index is 14.4. The number of H-pyrrole nitrogens is 2. The first kappa shape index (κ1) is 43.3. The zero-order valence-corrected chi connectivity index (χ0v) is 37.8. The quantitative estimate of drug-likeness (QED) is 0.143. The van der Waals surface area contributed by atoms with Gasteiger partial charge in [-0.15, -0.1) is 0 Å². The van der Waals surface area contributed by atoms with Gasteiger partial charge in [0.05, 0.1) is 61.8 Å². The third kappa shape index (κ3) is 8.67. The number of nitrogens with one attached hydrogen (secondary N) is 3. The van der Waals surface area contributed by atoms with E-state index in [0.717, 1.165) is 110 Å². The van der Waals surface area contributed by atoms with Crippen LogP contribution in [0.4, 0.5) is 4.79 Å². The minimum absolute atomic E-state index is 0.0436. The predicted molar refractivity (Wildman–Crippen MR) is 240 cm³/mol. The molecule has 4 saturated heterocycles. The summed E-state index contributed by atoms with van der Waals surface area (Å²) in [7, 11) is 1.32. The number of aromatic nitrogens is 4. The molecule has 0 unspecified atom stereocenters. The minimum atomic E-state index is -0.679. The number of benzene rings is 2. The number of fused-ring (bicyclic) bond motifs is 1. The van der Waals surface area contributed by atoms with Gasteiger partial charge in [-0.1, -0.05) is 75.7 Å². The lowest BCUT2D eigenvalue weighted by atomic mass is 9.80. The Bertz CT molecular complexity index is 2240. The van der Waals surface area contributed by atoms with E-state index < -0.39 is 12.1 Å². The van der Waals surface area contributed by atoms with E-state index in [-0.39, 0.29) is 59.4 Å². The summed E-state index contributed by atoms with van der Waals surface area (Å²) in [6.45, 7) is 12.4. The van der Waals surface area contributed by atoms with Gasteiger partial charge < -0.3 is 39.3 Å². The molecule has 63 heavy (non-hydrogen) atoms. The smallest absolute Gasteiger partial charge is 0.407 e. The standard InChI is InChI=1S/C50H65N7O6/c1-29(2)44(55-49(60)61-6)48(59)57-41-10-7-9-37(41)23-42(57)45-51-25-39(53-45)35-15-11-33(12-16-35)34-13-17-36(18-14-34)40-26-52-46(54-40)43-24-50(19-8-20-62-28-50)27-56(43)47(58)32(5)38-21-30(3)63-31(4)22-38/h11-18,25-26,29-32,37-38,41-44H,7-10,19-24,27-28H2,1-6H3,(H,51,53)(H,52,54)(H,55,60)/t30-,31-,32+,37+,41+,42+,43+,44+,50+/m1/s1. The lowest BCUT2D eigenvalue weighted by Gasteiger charge is -2.37. The van der Waals surface area contributed by atoms with Gasteiger partial charge >= 0.3 is 6.09 Å². The second-order valence-electron chi connectivity index (χ2n) is 19.8. The number of hydrogen-bond acceptors (Lipinski definition) is 8. The Labute approximate surface area is 371 Å². The van der Waals surface area contributed by atoms with Gasteiger partial charge in [0, 0.05) is 30.5 Å². The molecule has 6 heterocycles. The number of nitrogens with zero attached hydrogens (tertiary/aromatic N) is 4. The topological polar surface area (TPSA) is 155 Å². The lowest BCUT2D eigenvalue weighted by Crippen LogP contribution is -2.53. The molecule has 2 aromatic heterocycles. The zero-order chi connectivity index (χ0) is 44.0. The van der Waals surface area contributed by atoms with Crippen molar-refractivity contribution >= 4 is 17.9 Å². The Hall–Kier alpha value is -5.01. The van der Waals surface area contributed by atoms with Crippen molar-refractivity contribution < 1.29 is 28.6 Å². The number of alkyl carbamates (subject to hydrolysis) is 1. The third-order valence-electron chi connectivity index (χ3n) is 15.1. The third-order valence-corrected chi connectivity index (χ3v) is 15.1. The maximum Gasteiger partial charge on any atom is 0.407 e. The Morgan fingerprint density at radius 3 is 1.98 bits per heavy atom. The molecule has 5 fully saturated rings. The molecule has 0 radical (unpaired) electrons. The van der Waals surface area contributed by atoms with Crippen LogP contribution in [0.5, 0.6) is 0 Å². The molecule has 3 amide bonds. The first-order valence-corrected chi connectivity index (χ1v) is 23.4. The highest BCUT2D eigenvalue weighted by atomic mass is 16.5. The van der Waals surface area contributed by atoms with E-state index in [9.17, 15) is 14.4 Å². The number of carbonyl (C=O) groups excluding carboxylic acids is 3. The van der Waals surface area contributed by atoms with Gasteiger partial charge in [0.25, 0.3) is 0 Å². The van der Waals surface area contributed by atoms with E-state index in [2.05, 4.69) is 89.5 Å².